The molecule has 0 amide bonds. The second kappa shape index (κ2) is 2.77. The van der Waals surface area contributed by atoms with E-state index in [0.29, 0.717) is 0 Å². The van der Waals surface area contributed by atoms with Gasteiger partial charge in [0.15, 0.2) is 0 Å². The minimum Gasteiger partial charge on any atom is -0.346 e. The summed E-state index contributed by atoms with van der Waals surface area (Å²) in [5, 5.41) is 1.08. The van der Waals surface area contributed by atoms with E-state index in [1.54, 1.807) is 6.33 Å². The number of aromatic amines is 1. The molecule has 0 aliphatic heterocycles. The topological polar surface area (TPSA) is 41.6 Å². The number of hydrogen-bond acceptors (Lipinski definition) is 2. The fourth-order valence-corrected chi connectivity index (χ4v) is 1.23. The van der Waals surface area contributed by atoms with Gasteiger partial charge in [0.2, 0.25) is 0 Å². The van der Waals surface area contributed by atoms with E-state index < -0.39 is 0 Å². The molecule has 60 valence electrons. The zero-order valence-corrected chi connectivity index (χ0v) is 6.62. The molecular weight excluding hydrogens is 150 g/mol. The Morgan fingerprint density at radius 3 is 3.25 bits per heavy atom. The van der Waals surface area contributed by atoms with Crippen LogP contribution in [0.1, 0.15) is 5.69 Å². The average Bonchev–Trinajstić information content (AvgIpc) is 2.53. The molecule has 2 aromatic rings. The predicted molar refractivity (Wildman–Crippen MR) is 47.8 cm³/mol. The van der Waals surface area contributed by atoms with Gasteiger partial charge in [-0.3, -0.25) is 0 Å². The van der Waals surface area contributed by atoms with Crippen molar-refractivity contribution in [2.24, 2.45) is 0 Å². The Bertz CT molecular complexity index is 403. The van der Waals surface area contributed by atoms with Crippen LogP contribution >= 0.6 is 0 Å². The third-order valence-electron chi connectivity index (χ3n) is 1.77. The number of rotatable bonds is 2. The zero-order chi connectivity index (χ0) is 8.39. The standard InChI is InChI=1S/C9H9N3/c1-2-3-8-7-4-5-10-9(7)12-6-11-8/h2,4-6H,1,3H2,(H,10,11,12). The van der Waals surface area contributed by atoms with Crippen LogP contribution in [0.25, 0.3) is 11.0 Å². The summed E-state index contributed by atoms with van der Waals surface area (Å²) in [6.07, 6.45) is 6.06. The van der Waals surface area contributed by atoms with E-state index in [2.05, 4.69) is 21.5 Å². The molecule has 0 fully saturated rings. The highest BCUT2D eigenvalue weighted by Crippen LogP contribution is 2.12. The normalized spacial score (nSPS) is 10.3. The molecule has 2 heterocycles. The lowest BCUT2D eigenvalue weighted by molar-refractivity contribution is 1.09. The number of nitrogens with zero attached hydrogens (tertiary/aromatic N) is 2. The predicted octanol–water partition coefficient (Wildman–Crippen LogP) is 1.69. The molecule has 2 aromatic heterocycles. The lowest BCUT2D eigenvalue weighted by atomic mass is 10.2. The molecule has 0 bridgehead atoms. The number of allylic oxidation sites excluding steroid dienone is 1. The van der Waals surface area contributed by atoms with Crippen LogP contribution in [0.5, 0.6) is 0 Å². The third-order valence-corrected chi connectivity index (χ3v) is 1.77. The van der Waals surface area contributed by atoms with E-state index >= 15 is 0 Å². The van der Waals surface area contributed by atoms with Gasteiger partial charge in [-0.15, -0.1) is 6.58 Å². The van der Waals surface area contributed by atoms with Crippen molar-refractivity contribution in [3.63, 3.8) is 0 Å². The molecular formula is C9H9N3. The fourth-order valence-electron chi connectivity index (χ4n) is 1.23. The van der Waals surface area contributed by atoms with E-state index in [-0.39, 0.29) is 0 Å². The van der Waals surface area contributed by atoms with Crippen molar-refractivity contribution in [3.05, 3.63) is 36.9 Å². The SMILES string of the molecule is C=CCc1ncnc2[nH]ccc12. The van der Waals surface area contributed by atoms with Gasteiger partial charge >= 0.3 is 0 Å². The summed E-state index contributed by atoms with van der Waals surface area (Å²) in [6.45, 7) is 3.68. The Hall–Kier alpha value is -1.64. The van der Waals surface area contributed by atoms with Crippen molar-refractivity contribution in [2.45, 2.75) is 6.42 Å². The average molecular weight is 159 g/mol. The van der Waals surface area contributed by atoms with Crippen LogP contribution in [-0.4, -0.2) is 15.0 Å². The highest BCUT2D eigenvalue weighted by Gasteiger charge is 2.00. The molecule has 0 radical (unpaired) electrons. The summed E-state index contributed by atoms with van der Waals surface area (Å²) < 4.78 is 0. The van der Waals surface area contributed by atoms with Crippen LogP contribution in [0, 0.1) is 0 Å². The van der Waals surface area contributed by atoms with Gasteiger partial charge in [-0.2, -0.15) is 0 Å². The Balaban J connectivity index is 2.65. The Labute approximate surface area is 70.2 Å². The first-order valence-corrected chi connectivity index (χ1v) is 3.79. The second-order valence-corrected chi connectivity index (χ2v) is 2.55. The molecule has 1 N–H and O–H groups in total. The molecule has 2 rings (SSSR count). The van der Waals surface area contributed by atoms with E-state index in [0.717, 1.165) is 23.1 Å². The molecule has 3 nitrogen and oxygen atoms in total. The van der Waals surface area contributed by atoms with Crippen molar-refractivity contribution < 1.29 is 0 Å². The smallest absolute Gasteiger partial charge is 0.140 e. The van der Waals surface area contributed by atoms with Gasteiger partial charge in [-0.25, -0.2) is 9.97 Å². The molecule has 0 atom stereocenters. The lowest BCUT2D eigenvalue weighted by Crippen LogP contribution is -1.89. The van der Waals surface area contributed by atoms with Gasteiger partial charge in [0, 0.05) is 18.0 Å². The molecule has 0 spiro atoms. The summed E-state index contributed by atoms with van der Waals surface area (Å²) >= 11 is 0. The maximum atomic E-state index is 4.17. The molecule has 0 aromatic carbocycles. The molecule has 0 unspecified atom stereocenters. The maximum Gasteiger partial charge on any atom is 0.140 e. The quantitative estimate of drug-likeness (QED) is 0.677. The second-order valence-electron chi connectivity index (χ2n) is 2.55. The highest BCUT2D eigenvalue weighted by atomic mass is 14.9. The Morgan fingerprint density at radius 1 is 1.50 bits per heavy atom. The van der Waals surface area contributed by atoms with E-state index in [1.165, 1.54) is 0 Å². The van der Waals surface area contributed by atoms with Gasteiger partial charge in [0.05, 0.1) is 5.69 Å². The van der Waals surface area contributed by atoms with Gasteiger partial charge in [-0.1, -0.05) is 6.08 Å². The molecule has 0 aliphatic rings. The van der Waals surface area contributed by atoms with Crippen LogP contribution in [0.2, 0.25) is 0 Å². The number of nitrogens with one attached hydrogen (secondary N) is 1. The van der Waals surface area contributed by atoms with E-state index in [9.17, 15) is 0 Å². The van der Waals surface area contributed by atoms with Crippen LogP contribution in [0.4, 0.5) is 0 Å². The molecule has 0 saturated carbocycles. The first kappa shape index (κ1) is 7.03. The number of fused-ring (bicyclic) bond motifs is 1. The van der Waals surface area contributed by atoms with Gasteiger partial charge in [0.25, 0.3) is 0 Å². The monoisotopic (exact) mass is 159 g/mol. The fraction of sp³-hybridized carbons (Fsp3) is 0.111. The summed E-state index contributed by atoms with van der Waals surface area (Å²) in [4.78, 5) is 11.3. The van der Waals surface area contributed by atoms with Gasteiger partial charge < -0.3 is 4.98 Å². The number of H-pyrrole nitrogens is 1. The molecule has 12 heavy (non-hydrogen) atoms. The molecule has 0 saturated heterocycles. The summed E-state index contributed by atoms with van der Waals surface area (Å²) in [7, 11) is 0. The van der Waals surface area contributed by atoms with E-state index in [4.69, 9.17) is 0 Å². The van der Waals surface area contributed by atoms with E-state index in [1.807, 2.05) is 18.3 Å². The third kappa shape index (κ3) is 0.993. The van der Waals surface area contributed by atoms with Crippen molar-refractivity contribution in [1.82, 2.24) is 15.0 Å². The highest BCUT2D eigenvalue weighted by molar-refractivity contribution is 5.77. The van der Waals surface area contributed by atoms with Crippen LogP contribution in [0.15, 0.2) is 31.2 Å². The van der Waals surface area contributed by atoms with Crippen LogP contribution in [-0.2, 0) is 6.42 Å². The first-order chi connectivity index (χ1) is 5.92. The van der Waals surface area contributed by atoms with Crippen LogP contribution in [0.3, 0.4) is 0 Å². The van der Waals surface area contributed by atoms with Crippen molar-refractivity contribution in [1.29, 1.82) is 0 Å². The van der Waals surface area contributed by atoms with Crippen molar-refractivity contribution in [3.8, 4) is 0 Å². The Morgan fingerprint density at radius 2 is 2.42 bits per heavy atom. The summed E-state index contributed by atoms with van der Waals surface area (Å²) in [6, 6.07) is 1.98. The van der Waals surface area contributed by atoms with Gasteiger partial charge in [0.1, 0.15) is 12.0 Å². The molecule has 3 heteroatoms. The maximum absolute atomic E-state index is 4.17. The zero-order valence-electron chi connectivity index (χ0n) is 6.62. The van der Waals surface area contributed by atoms with Crippen LogP contribution < -0.4 is 0 Å². The Kier molecular flexibility index (Phi) is 1.63. The first-order valence-electron chi connectivity index (χ1n) is 3.79. The summed E-state index contributed by atoms with van der Waals surface area (Å²) in [5.41, 5.74) is 1.91. The largest absolute Gasteiger partial charge is 0.346 e. The van der Waals surface area contributed by atoms with Crippen molar-refractivity contribution in [2.75, 3.05) is 0 Å². The van der Waals surface area contributed by atoms with Crippen molar-refractivity contribution >= 4 is 11.0 Å². The minimum atomic E-state index is 0.789. The number of hydrogen-bond donors (Lipinski definition) is 1. The molecule has 0 aliphatic carbocycles. The number of aromatic nitrogens is 3. The summed E-state index contributed by atoms with van der Waals surface area (Å²) in [5.74, 6) is 0. The minimum absolute atomic E-state index is 0.789. The lowest BCUT2D eigenvalue weighted by Gasteiger charge is -1.95. The van der Waals surface area contributed by atoms with Gasteiger partial charge in [-0.05, 0) is 6.07 Å².